The van der Waals surface area contributed by atoms with Crippen molar-refractivity contribution in [2.45, 2.75) is 25.4 Å². The Kier molecular flexibility index (Phi) is 6.09. The van der Waals surface area contributed by atoms with E-state index >= 15 is 0 Å². The lowest BCUT2D eigenvalue weighted by Crippen LogP contribution is -2.22. The second kappa shape index (κ2) is 8.70. The highest BCUT2D eigenvalue weighted by Gasteiger charge is 2.17. The third kappa shape index (κ3) is 4.70. The van der Waals surface area contributed by atoms with Crippen LogP contribution in [0.5, 0.6) is 0 Å². The van der Waals surface area contributed by atoms with E-state index in [9.17, 15) is 9.59 Å². The third-order valence-electron chi connectivity index (χ3n) is 4.20. The van der Waals surface area contributed by atoms with Gasteiger partial charge in [0.05, 0.1) is 18.1 Å². The number of thioether (sulfide) groups is 1. The summed E-state index contributed by atoms with van der Waals surface area (Å²) in [7, 11) is 0. The van der Waals surface area contributed by atoms with E-state index in [-0.39, 0.29) is 6.42 Å². The topological polar surface area (TPSA) is 122 Å². The first kappa shape index (κ1) is 20.3. The highest BCUT2D eigenvalue weighted by atomic mass is 32.2. The molecule has 29 heavy (non-hydrogen) atoms. The van der Waals surface area contributed by atoms with Crippen LogP contribution in [0.25, 0.3) is 5.78 Å². The number of nitrogens with zero attached hydrogens (tertiary/aromatic N) is 5. The summed E-state index contributed by atoms with van der Waals surface area (Å²) in [6, 6.07) is 8.38. The Morgan fingerprint density at radius 3 is 2.62 bits per heavy atom. The highest BCUT2D eigenvalue weighted by molar-refractivity contribution is 7.98. The molecular formula is C19H18N6O3S. The molecule has 148 valence electrons. The molecule has 9 nitrogen and oxygen atoms in total. The minimum absolute atomic E-state index is 0.0286. The molecule has 0 aliphatic rings. The summed E-state index contributed by atoms with van der Waals surface area (Å²) in [6.07, 6.45) is 1.84. The Bertz CT molecular complexity index is 1120. The number of rotatable bonds is 6. The molecule has 1 aromatic carbocycles. The summed E-state index contributed by atoms with van der Waals surface area (Å²) in [4.78, 5) is 32.9. The molecule has 3 aromatic rings. The van der Waals surface area contributed by atoms with E-state index < -0.39 is 18.5 Å². The molecule has 0 atom stereocenters. The molecule has 0 spiro atoms. The minimum atomic E-state index is -0.544. The Morgan fingerprint density at radius 2 is 1.97 bits per heavy atom. The largest absolute Gasteiger partial charge is 0.455 e. The summed E-state index contributed by atoms with van der Waals surface area (Å²) in [5, 5.41) is 16.3. The van der Waals surface area contributed by atoms with Gasteiger partial charge >= 0.3 is 5.97 Å². The molecule has 1 amide bonds. The zero-order valence-corrected chi connectivity index (χ0v) is 16.9. The smallest absolute Gasteiger partial charge is 0.310 e. The molecule has 0 aliphatic carbocycles. The quantitative estimate of drug-likeness (QED) is 0.484. The average molecular weight is 410 g/mol. The van der Waals surface area contributed by atoms with Crippen LogP contribution in [0.4, 0.5) is 5.69 Å². The molecule has 2 aromatic heterocycles. The van der Waals surface area contributed by atoms with Gasteiger partial charge in [0.2, 0.25) is 5.16 Å². The van der Waals surface area contributed by atoms with Crippen molar-refractivity contribution in [2.24, 2.45) is 0 Å². The molecule has 3 rings (SSSR count). The van der Waals surface area contributed by atoms with E-state index in [2.05, 4.69) is 20.4 Å². The van der Waals surface area contributed by atoms with Gasteiger partial charge in [0.15, 0.2) is 6.61 Å². The number of hydrogen-bond donors (Lipinski definition) is 1. The van der Waals surface area contributed by atoms with Gasteiger partial charge in [0.25, 0.3) is 11.7 Å². The van der Waals surface area contributed by atoms with Crippen molar-refractivity contribution in [1.29, 1.82) is 5.26 Å². The Balaban J connectivity index is 1.61. The van der Waals surface area contributed by atoms with Crippen LogP contribution in [-0.4, -0.2) is 44.3 Å². The van der Waals surface area contributed by atoms with Gasteiger partial charge in [-0.05, 0) is 44.4 Å². The lowest BCUT2D eigenvalue weighted by atomic mass is 10.1. The number of hydrogen-bond acceptors (Lipinski definition) is 8. The third-order valence-corrected chi connectivity index (χ3v) is 4.73. The number of carbonyl (C=O) groups is 2. The van der Waals surface area contributed by atoms with Crippen molar-refractivity contribution < 1.29 is 14.3 Å². The summed E-state index contributed by atoms with van der Waals surface area (Å²) < 4.78 is 6.69. The number of aromatic nitrogens is 4. The number of fused-ring (bicyclic) bond motifs is 1. The SMILES string of the molecule is CSc1nc2nc(C)c(CC(=O)OCC(=O)Nc3ccc(C#N)cc3)c(C)n2n1. The van der Waals surface area contributed by atoms with E-state index in [1.165, 1.54) is 11.8 Å². The number of benzene rings is 1. The molecule has 10 heteroatoms. The van der Waals surface area contributed by atoms with Gasteiger partial charge < -0.3 is 10.1 Å². The predicted molar refractivity (Wildman–Crippen MR) is 106 cm³/mol. The van der Waals surface area contributed by atoms with Gasteiger partial charge in [0.1, 0.15) is 0 Å². The number of aryl methyl sites for hydroxylation is 2. The van der Waals surface area contributed by atoms with Crippen LogP contribution in [0.1, 0.15) is 22.5 Å². The maximum absolute atomic E-state index is 12.2. The number of nitriles is 1. The monoisotopic (exact) mass is 410 g/mol. The van der Waals surface area contributed by atoms with E-state index in [1.54, 1.807) is 35.7 Å². The van der Waals surface area contributed by atoms with E-state index in [0.29, 0.717) is 33.4 Å². The lowest BCUT2D eigenvalue weighted by Gasteiger charge is -2.10. The van der Waals surface area contributed by atoms with Gasteiger partial charge in [-0.1, -0.05) is 11.8 Å². The van der Waals surface area contributed by atoms with E-state index in [1.807, 2.05) is 19.2 Å². The van der Waals surface area contributed by atoms with Gasteiger partial charge in [0, 0.05) is 22.6 Å². The normalized spacial score (nSPS) is 10.6. The second-order valence-corrected chi connectivity index (χ2v) is 6.92. The average Bonchev–Trinajstić information content (AvgIpc) is 3.13. The number of nitrogens with one attached hydrogen (secondary N) is 1. The maximum Gasteiger partial charge on any atom is 0.310 e. The number of carbonyl (C=O) groups excluding carboxylic acids is 2. The number of anilines is 1. The van der Waals surface area contributed by atoms with Crippen LogP contribution < -0.4 is 5.32 Å². The van der Waals surface area contributed by atoms with Crippen molar-refractivity contribution in [3.05, 3.63) is 46.8 Å². The first-order valence-electron chi connectivity index (χ1n) is 8.63. The number of ether oxygens (including phenoxy) is 1. The predicted octanol–water partition coefficient (Wildman–Crippen LogP) is 2.06. The zero-order valence-electron chi connectivity index (χ0n) is 16.1. The van der Waals surface area contributed by atoms with Crippen LogP contribution in [0, 0.1) is 25.2 Å². The van der Waals surface area contributed by atoms with Crippen LogP contribution in [-0.2, 0) is 20.7 Å². The molecule has 2 heterocycles. The van der Waals surface area contributed by atoms with Gasteiger partial charge in [-0.15, -0.1) is 5.10 Å². The van der Waals surface area contributed by atoms with Gasteiger partial charge in [-0.25, -0.2) is 9.50 Å². The molecular weight excluding hydrogens is 392 g/mol. The zero-order chi connectivity index (χ0) is 21.0. The van der Waals surface area contributed by atoms with Crippen molar-refractivity contribution in [1.82, 2.24) is 19.6 Å². The van der Waals surface area contributed by atoms with E-state index in [0.717, 1.165) is 5.69 Å². The summed E-state index contributed by atoms with van der Waals surface area (Å²) in [6.45, 7) is 3.22. The number of esters is 1. The van der Waals surface area contributed by atoms with Crippen molar-refractivity contribution >= 4 is 35.1 Å². The Labute approximate surface area is 171 Å². The molecule has 0 bridgehead atoms. The van der Waals surface area contributed by atoms with Crippen LogP contribution >= 0.6 is 11.8 Å². The standard InChI is InChI=1S/C19H18N6O3S/c1-11-15(12(2)25-18(21-11)23-19(24-25)29-3)8-17(27)28-10-16(26)22-14-6-4-13(9-20)5-7-14/h4-7H,8,10H2,1-3H3,(H,22,26). The van der Waals surface area contributed by atoms with Crippen LogP contribution in [0.3, 0.4) is 0 Å². The van der Waals surface area contributed by atoms with Crippen LogP contribution in [0.2, 0.25) is 0 Å². The first-order chi connectivity index (χ1) is 13.9. The molecule has 0 fully saturated rings. The lowest BCUT2D eigenvalue weighted by molar-refractivity contribution is -0.146. The van der Waals surface area contributed by atoms with Crippen molar-refractivity contribution in [3.63, 3.8) is 0 Å². The Hall–Kier alpha value is -3.45. The first-order valence-corrected chi connectivity index (χ1v) is 9.86. The fourth-order valence-electron chi connectivity index (χ4n) is 2.70. The van der Waals surface area contributed by atoms with Crippen molar-refractivity contribution in [2.75, 3.05) is 18.2 Å². The molecule has 1 N–H and O–H groups in total. The van der Waals surface area contributed by atoms with Crippen LogP contribution in [0.15, 0.2) is 29.4 Å². The number of amides is 1. The van der Waals surface area contributed by atoms with Gasteiger partial charge in [-0.2, -0.15) is 10.2 Å². The maximum atomic E-state index is 12.2. The van der Waals surface area contributed by atoms with Gasteiger partial charge in [-0.3, -0.25) is 9.59 Å². The summed E-state index contributed by atoms with van der Waals surface area (Å²) in [5.41, 5.74) is 3.10. The fraction of sp³-hybridized carbons (Fsp3) is 0.263. The molecule has 0 saturated carbocycles. The molecule has 0 unspecified atom stereocenters. The molecule has 0 radical (unpaired) electrons. The molecule has 0 saturated heterocycles. The van der Waals surface area contributed by atoms with E-state index in [4.69, 9.17) is 10.00 Å². The highest BCUT2D eigenvalue weighted by Crippen LogP contribution is 2.17. The summed E-state index contributed by atoms with van der Waals surface area (Å²) in [5.74, 6) is -0.535. The second-order valence-electron chi connectivity index (χ2n) is 6.15. The Morgan fingerprint density at radius 1 is 1.24 bits per heavy atom. The summed E-state index contributed by atoms with van der Waals surface area (Å²) >= 11 is 1.41. The molecule has 0 aliphatic heterocycles. The minimum Gasteiger partial charge on any atom is -0.455 e. The van der Waals surface area contributed by atoms with Crippen molar-refractivity contribution in [3.8, 4) is 6.07 Å². The fourth-order valence-corrected chi connectivity index (χ4v) is 3.04.